The summed E-state index contributed by atoms with van der Waals surface area (Å²) >= 11 is 23.9. The second-order valence-electron chi connectivity index (χ2n) is 16.6. The number of primary amides is 2. The number of amides is 5. The first-order valence-corrected chi connectivity index (χ1v) is 22.6. The molecule has 5 amide bonds. The molecular formula is C46H51Cl4N7O6. The van der Waals surface area contributed by atoms with Crippen LogP contribution in [0.15, 0.2) is 84.9 Å². The summed E-state index contributed by atoms with van der Waals surface area (Å²) in [6.07, 6.45) is 8.27. The summed E-state index contributed by atoms with van der Waals surface area (Å²) in [4.78, 5) is 52.8. The molecule has 17 heteroatoms. The number of nitrogens with two attached hydrogens (primary N) is 2. The first-order valence-electron chi connectivity index (χ1n) is 21.1. The highest BCUT2D eigenvalue weighted by molar-refractivity contribution is 6.31. The van der Waals surface area contributed by atoms with Crippen LogP contribution in [0.1, 0.15) is 72.9 Å². The summed E-state index contributed by atoms with van der Waals surface area (Å²) in [6.45, 7) is 1.48. The average Bonchev–Trinajstić information content (AvgIpc) is 3.60. The van der Waals surface area contributed by atoms with E-state index in [2.05, 4.69) is 50.0 Å². The molecule has 4 fully saturated rings. The number of nitrogens with zero attached hydrogens (tertiary/aromatic N) is 2. The highest BCUT2D eigenvalue weighted by Crippen LogP contribution is 2.38. The van der Waals surface area contributed by atoms with Crippen molar-refractivity contribution in [3.05, 3.63) is 122 Å². The minimum Gasteiger partial charge on any atom is -0.483 e. The van der Waals surface area contributed by atoms with Gasteiger partial charge in [0.25, 0.3) is 17.7 Å². The van der Waals surface area contributed by atoms with Gasteiger partial charge in [0.15, 0.2) is 13.2 Å². The van der Waals surface area contributed by atoms with Crippen LogP contribution in [0.5, 0.6) is 11.5 Å². The second-order valence-corrected chi connectivity index (χ2v) is 18.3. The largest absolute Gasteiger partial charge is 0.483 e. The van der Waals surface area contributed by atoms with Crippen molar-refractivity contribution in [2.45, 2.75) is 101 Å². The maximum atomic E-state index is 12.5. The highest BCUT2D eigenvalue weighted by Gasteiger charge is 2.42. The molecule has 0 spiro atoms. The molecule has 4 aliphatic rings. The average molecular weight is 940 g/mol. The Morgan fingerprint density at radius 2 is 0.952 bits per heavy atom. The molecule has 0 radical (unpaired) electrons. The summed E-state index contributed by atoms with van der Waals surface area (Å²) in [5.41, 5.74) is 13.5. The van der Waals surface area contributed by atoms with E-state index in [1.54, 1.807) is 24.3 Å². The van der Waals surface area contributed by atoms with Crippen LogP contribution in [0.4, 0.5) is 10.5 Å². The first-order chi connectivity index (χ1) is 30.3. The van der Waals surface area contributed by atoms with Crippen molar-refractivity contribution in [2.75, 3.05) is 18.5 Å². The molecule has 4 bridgehead atoms. The summed E-state index contributed by atoms with van der Waals surface area (Å²) < 4.78 is 11.2. The van der Waals surface area contributed by atoms with Gasteiger partial charge in [-0.1, -0.05) is 70.7 Å². The zero-order valence-electron chi connectivity index (χ0n) is 34.5. The smallest absolute Gasteiger partial charge is 0.316 e. The molecule has 0 saturated carbocycles. The fraction of sp³-hybridized carbons (Fsp3) is 0.391. The van der Waals surface area contributed by atoms with Crippen molar-refractivity contribution in [1.82, 2.24) is 20.4 Å². The summed E-state index contributed by atoms with van der Waals surface area (Å²) in [6, 6.07) is 26.7. The van der Waals surface area contributed by atoms with Gasteiger partial charge in [-0.15, -0.1) is 0 Å². The number of hydrogen-bond donors (Lipinski definition) is 5. The molecule has 4 aromatic rings. The molecule has 0 aromatic heterocycles. The molecule has 7 N–H and O–H groups in total. The van der Waals surface area contributed by atoms with Crippen molar-refractivity contribution >= 4 is 75.8 Å². The maximum Gasteiger partial charge on any atom is 0.316 e. The zero-order valence-corrected chi connectivity index (χ0v) is 37.6. The van der Waals surface area contributed by atoms with Crippen LogP contribution in [0, 0.1) is 0 Å². The van der Waals surface area contributed by atoms with Crippen molar-refractivity contribution in [3.8, 4) is 11.5 Å². The van der Waals surface area contributed by atoms with E-state index in [1.807, 2.05) is 24.3 Å². The number of rotatable bonds is 14. The number of halogens is 4. The Bertz CT molecular complexity index is 2240. The molecule has 63 heavy (non-hydrogen) atoms. The molecule has 4 aromatic carbocycles. The van der Waals surface area contributed by atoms with Gasteiger partial charge in [-0.25, -0.2) is 4.79 Å². The van der Waals surface area contributed by atoms with Crippen LogP contribution in [-0.4, -0.2) is 83.0 Å². The van der Waals surface area contributed by atoms with Gasteiger partial charge in [0.1, 0.15) is 11.5 Å². The summed E-state index contributed by atoms with van der Waals surface area (Å²) in [5, 5.41) is 10.9. The molecule has 4 saturated heterocycles. The quantitative estimate of drug-likeness (QED) is 0.0845. The van der Waals surface area contributed by atoms with Crippen LogP contribution < -0.4 is 36.9 Å². The van der Waals surface area contributed by atoms with E-state index in [4.69, 9.17) is 67.3 Å². The van der Waals surface area contributed by atoms with E-state index in [9.17, 15) is 19.2 Å². The monoisotopic (exact) mass is 937 g/mol. The molecule has 4 aliphatic heterocycles. The SMILES string of the molecule is NC(=O)Nc1cc(Cl)ccc1OCC(=O)NC1C[C@H]2CC[C@@H](C1)N2Cc1ccc(Cl)cc1.NC(=O)c1cc(Cl)ccc1OCC(=O)NC1C[C@H]2CC[C@@H](C1)N2Cc1ccc(Cl)cc1. The third-order valence-electron chi connectivity index (χ3n) is 12.2. The van der Waals surface area contributed by atoms with Crippen LogP contribution in [0.25, 0.3) is 0 Å². The molecule has 8 rings (SSSR count). The Labute approximate surface area is 387 Å². The Balaban J connectivity index is 0.000000189. The van der Waals surface area contributed by atoms with E-state index in [1.165, 1.54) is 23.3 Å². The van der Waals surface area contributed by atoms with E-state index < -0.39 is 11.9 Å². The highest BCUT2D eigenvalue weighted by atomic mass is 35.5. The minimum atomic E-state index is -0.734. The number of carbonyl (C=O) groups is 4. The third kappa shape index (κ3) is 12.7. The topological polar surface area (TPSA) is 181 Å². The van der Waals surface area contributed by atoms with Gasteiger partial charge in [-0.05, 0) is 123 Å². The lowest BCUT2D eigenvalue weighted by molar-refractivity contribution is -0.125. The van der Waals surface area contributed by atoms with Crippen LogP contribution in [-0.2, 0) is 22.7 Å². The van der Waals surface area contributed by atoms with Crippen LogP contribution >= 0.6 is 46.4 Å². The Morgan fingerprint density at radius 3 is 1.38 bits per heavy atom. The predicted octanol–water partition coefficient (Wildman–Crippen LogP) is 7.96. The number of nitrogens with one attached hydrogen (secondary N) is 3. The van der Waals surface area contributed by atoms with Gasteiger partial charge in [-0.3, -0.25) is 24.2 Å². The number of fused-ring (bicyclic) bond motifs is 4. The fourth-order valence-corrected chi connectivity index (χ4v) is 10.0. The van der Waals surface area contributed by atoms with E-state index in [0.29, 0.717) is 45.6 Å². The molecule has 0 aliphatic carbocycles. The van der Waals surface area contributed by atoms with E-state index in [-0.39, 0.29) is 48.4 Å². The van der Waals surface area contributed by atoms with Gasteiger partial charge >= 0.3 is 6.03 Å². The lowest BCUT2D eigenvalue weighted by atomic mass is 9.96. The van der Waals surface area contributed by atoms with Gasteiger partial charge in [-0.2, -0.15) is 0 Å². The lowest BCUT2D eigenvalue weighted by Gasteiger charge is -2.39. The summed E-state index contributed by atoms with van der Waals surface area (Å²) in [5.74, 6) is -0.463. The molecule has 4 heterocycles. The molecule has 2 unspecified atom stereocenters. The van der Waals surface area contributed by atoms with Crippen molar-refractivity contribution in [1.29, 1.82) is 0 Å². The maximum absolute atomic E-state index is 12.5. The molecule has 13 nitrogen and oxygen atoms in total. The summed E-state index contributed by atoms with van der Waals surface area (Å²) in [7, 11) is 0. The Kier molecular flexibility index (Phi) is 15.6. The van der Waals surface area contributed by atoms with Gasteiger partial charge in [0.2, 0.25) is 0 Å². The standard InChI is InChI=1S/C23H26Cl2N4O3.C23H25Cl2N3O3/c24-15-3-1-14(2-4-15)12-29-18-6-7-19(29)11-17(10-18)27-22(30)13-32-21-8-5-16(25)9-20(21)28-23(26)31;24-15-3-1-14(2-4-15)12-28-18-6-7-19(28)11-17(10-18)27-22(29)13-31-21-8-5-16(25)9-20(21)23(26)30/h1-5,8-9,17-19H,6-7,10-13H2,(H,27,30)(H3,26,28,31);1-5,8-9,17-19H,6-7,10-13H2,(H2,26,30)(H,27,29)/t2*17?,18-,19+. The first kappa shape index (κ1) is 46.2. The Hall–Kier alpha value is -4.76. The van der Waals surface area contributed by atoms with Gasteiger partial charge < -0.3 is 36.9 Å². The van der Waals surface area contributed by atoms with Crippen molar-refractivity contribution < 1.29 is 28.7 Å². The number of ether oxygens (including phenoxy) is 2. The van der Waals surface area contributed by atoms with Gasteiger partial charge in [0.05, 0.1) is 11.3 Å². The number of urea groups is 1. The Morgan fingerprint density at radius 1 is 0.556 bits per heavy atom. The number of anilines is 1. The van der Waals surface area contributed by atoms with Crippen molar-refractivity contribution in [3.63, 3.8) is 0 Å². The minimum absolute atomic E-state index is 0.121. The van der Waals surface area contributed by atoms with Crippen LogP contribution in [0.3, 0.4) is 0 Å². The van der Waals surface area contributed by atoms with E-state index >= 15 is 0 Å². The normalized spacial score (nSPS) is 22.6. The lowest BCUT2D eigenvalue weighted by Crippen LogP contribution is -2.50. The number of hydrogen-bond acceptors (Lipinski definition) is 8. The van der Waals surface area contributed by atoms with Gasteiger partial charge in [0, 0.05) is 69.4 Å². The third-order valence-corrected chi connectivity index (χ3v) is 13.2. The van der Waals surface area contributed by atoms with Crippen LogP contribution in [0.2, 0.25) is 20.1 Å². The predicted molar refractivity (Wildman–Crippen MR) is 246 cm³/mol. The molecule has 6 atom stereocenters. The number of carbonyl (C=O) groups excluding carboxylic acids is 4. The fourth-order valence-electron chi connectivity index (χ4n) is 9.41. The molecular weight excluding hydrogens is 888 g/mol. The molecule has 334 valence electrons. The van der Waals surface area contributed by atoms with E-state index in [0.717, 1.165) is 74.5 Å². The second kappa shape index (κ2) is 21.3. The van der Waals surface area contributed by atoms with Crippen molar-refractivity contribution in [2.24, 2.45) is 11.5 Å². The zero-order chi connectivity index (χ0) is 44.6. The number of benzene rings is 4. The number of piperidine rings is 2.